The van der Waals surface area contributed by atoms with Crippen LogP contribution >= 0.6 is 0 Å². The van der Waals surface area contributed by atoms with Crippen LogP contribution in [0, 0.1) is 11.3 Å². The second-order valence-corrected chi connectivity index (χ2v) is 7.90. The highest BCUT2D eigenvalue weighted by Gasteiger charge is 2.45. The summed E-state index contributed by atoms with van der Waals surface area (Å²) in [5, 5.41) is 3.60. The minimum atomic E-state index is 0.531. The Morgan fingerprint density at radius 3 is 2.21 bits per heavy atom. The van der Waals surface area contributed by atoms with Gasteiger partial charge in [0, 0.05) is 12.1 Å². The smallest absolute Gasteiger partial charge is 0.0206 e. The van der Waals surface area contributed by atoms with Crippen molar-refractivity contribution < 1.29 is 0 Å². The van der Waals surface area contributed by atoms with Crippen molar-refractivity contribution >= 4 is 0 Å². The number of rotatable bonds is 3. The van der Waals surface area contributed by atoms with Crippen LogP contribution in [0.3, 0.4) is 0 Å². The molecule has 2 heteroatoms. The van der Waals surface area contributed by atoms with Crippen LogP contribution < -0.4 is 5.32 Å². The Kier molecular flexibility index (Phi) is 3.92. The summed E-state index contributed by atoms with van der Waals surface area (Å²) in [4.78, 5) is 2.58. The van der Waals surface area contributed by atoms with Crippen molar-refractivity contribution in [1.29, 1.82) is 0 Å². The molecule has 0 aromatic heterocycles. The third kappa shape index (κ3) is 2.71. The number of hydrogen-bond donors (Lipinski definition) is 1. The van der Waals surface area contributed by atoms with E-state index in [4.69, 9.17) is 0 Å². The summed E-state index contributed by atoms with van der Waals surface area (Å²) >= 11 is 0. The van der Waals surface area contributed by atoms with Crippen LogP contribution in [0.25, 0.3) is 0 Å². The Bertz CT molecular complexity index is 288. The van der Waals surface area contributed by atoms with Crippen LogP contribution in [-0.2, 0) is 0 Å². The average Bonchev–Trinajstić information content (AvgIpc) is 3.04. The van der Waals surface area contributed by atoms with Gasteiger partial charge in [-0.25, -0.2) is 0 Å². The summed E-state index contributed by atoms with van der Waals surface area (Å²) in [6, 6.07) is 0. The fraction of sp³-hybridized carbons (Fsp3) is 1.00. The Hall–Kier alpha value is -0.0800. The fourth-order valence-corrected chi connectivity index (χ4v) is 5.05. The lowest BCUT2D eigenvalue weighted by Gasteiger charge is -2.49. The standard InChI is InChI=1S/C17H32N2/c1-19(2)17(13-15-5-3-4-6-15)9-7-16(8-10-17)11-12-18-14-16/h15,18H,3-14H2,1-2H3. The van der Waals surface area contributed by atoms with Gasteiger partial charge < -0.3 is 10.2 Å². The van der Waals surface area contributed by atoms with Crippen LogP contribution in [0.15, 0.2) is 0 Å². The third-order valence-corrected chi connectivity index (χ3v) is 6.67. The fourth-order valence-electron chi connectivity index (χ4n) is 5.05. The van der Waals surface area contributed by atoms with Crippen LogP contribution in [0.5, 0.6) is 0 Å². The molecule has 2 aliphatic carbocycles. The molecule has 0 aromatic rings. The Labute approximate surface area is 119 Å². The highest BCUT2D eigenvalue weighted by molar-refractivity contribution is 5.01. The first-order valence-electron chi connectivity index (χ1n) is 8.52. The number of hydrogen-bond acceptors (Lipinski definition) is 2. The molecule has 1 aliphatic heterocycles. The van der Waals surface area contributed by atoms with E-state index in [1.165, 1.54) is 77.3 Å². The Morgan fingerprint density at radius 1 is 1.00 bits per heavy atom. The lowest BCUT2D eigenvalue weighted by Crippen LogP contribution is -2.50. The van der Waals surface area contributed by atoms with E-state index in [0.29, 0.717) is 11.0 Å². The van der Waals surface area contributed by atoms with Gasteiger partial charge in [-0.2, -0.15) is 0 Å². The van der Waals surface area contributed by atoms with Crippen molar-refractivity contribution in [2.75, 3.05) is 27.2 Å². The Balaban J connectivity index is 1.65. The molecule has 2 nitrogen and oxygen atoms in total. The highest BCUT2D eigenvalue weighted by atomic mass is 15.1. The van der Waals surface area contributed by atoms with Gasteiger partial charge in [0.2, 0.25) is 0 Å². The van der Waals surface area contributed by atoms with Crippen molar-refractivity contribution in [3.05, 3.63) is 0 Å². The maximum atomic E-state index is 3.60. The summed E-state index contributed by atoms with van der Waals surface area (Å²) in [6.45, 7) is 2.55. The van der Waals surface area contributed by atoms with E-state index in [-0.39, 0.29) is 0 Å². The molecule has 3 fully saturated rings. The SMILES string of the molecule is CN(C)C1(CC2CCCC2)CCC2(CCNC2)CC1. The predicted octanol–water partition coefficient (Wildman–Crippen LogP) is 3.42. The molecule has 1 N–H and O–H groups in total. The quantitative estimate of drug-likeness (QED) is 0.840. The van der Waals surface area contributed by atoms with Gasteiger partial charge in [0.1, 0.15) is 0 Å². The molecule has 3 rings (SSSR count). The highest BCUT2D eigenvalue weighted by Crippen LogP contribution is 2.49. The van der Waals surface area contributed by atoms with Crippen LogP contribution in [0.1, 0.15) is 64.2 Å². The zero-order chi connectivity index (χ0) is 13.3. The molecule has 0 bridgehead atoms. The van der Waals surface area contributed by atoms with Crippen molar-refractivity contribution in [3.63, 3.8) is 0 Å². The van der Waals surface area contributed by atoms with Crippen molar-refractivity contribution in [3.8, 4) is 0 Å². The lowest BCUT2D eigenvalue weighted by molar-refractivity contribution is 0.0267. The molecule has 19 heavy (non-hydrogen) atoms. The first-order valence-corrected chi connectivity index (χ1v) is 8.52. The maximum Gasteiger partial charge on any atom is 0.0206 e. The van der Waals surface area contributed by atoms with E-state index in [1.54, 1.807) is 0 Å². The van der Waals surface area contributed by atoms with Gasteiger partial charge in [-0.05, 0) is 70.5 Å². The van der Waals surface area contributed by atoms with E-state index < -0.39 is 0 Å². The van der Waals surface area contributed by atoms with Crippen LogP contribution in [0.4, 0.5) is 0 Å². The third-order valence-electron chi connectivity index (χ3n) is 6.67. The summed E-state index contributed by atoms with van der Waals surface area (Å²) < 4.78 is 0. The van der Waals surface area contributed by atoms with Gasteiger partial charge in [-0.15, -0.1) is 0 Å². The molecule has 3 aliphatic rings. The maximum absolute atomic E-state index is 3.60. The van der Waals surface area contributed by atoms with Crippen molar-refractivity contribution in [2.24, 2.45) is 11.3 Å². The minimum Gasteiger partial charge on any atom is -0.316 e. The molecular formula is C17H32N2. The average molecular weight is 264 g/mol. The molecule has 0 amide bonds. The molecular weight excluding hydrogens is 232 g/mol. The normalized spacial score (nSPS) is 40.6. The van der Waals surface area contributed by atoms with Gasteiger partial charge in [-0.3, -0.25) is 0 Å². The van der Waals surface area contributed by atoms with Crippen LogP contribution in [0.2, 0.25) is 0 Å². The van der Waals surface area contributed by atoms with Gasteiger partial charge >= 0.3 is 0 Å². The van der Waals surface area contributed by atoms with Crippen molar-refractivity contribution in [2.45, 2.75) is 69.7 Å². The molecule has 2 saturated carbocycles. The molecule has 110 valence electrons. The van der Waals surface area contributed by atoms with Gasteiger partial charge in [-0.1, -0.05) is 25.7 Å². The van der Waals surface area contributed by atoms with E-state index >= 15 is 0 Å². The van der Waals surface area contributed by atoms with Crippen molar-refractivity contribution in [1.82, 2.24) is 10.2 Å². The summed E-state index contributed by atoms with van der Waals surface area (Å²) in [7, 11) is 4.67. The summed E-state index contributed by atoms with van der Waals surface area (Å²) in [6.07, 6.45) is 14.7. The summed E-state index contributed by atoms with van der Waals surface area (Å²) in [5.74, 6) is 1.03. The first kappa shape index (κ1) is 13.9. The van der Waals surface area contributed by atoms with E-state index in [2.05, 4.69) is 24.3 Å². The lowest BCUT2D eigenvalue weighted by atomic mass is 9.64. The molecule has 1 spiro atoms. The predicted molar refractivity (Wildman–Crippen MR) is 81.4 cm³/mol. The first-order chi connectivity index (χ1) is 9.14. The van der Waals surface area contributed by atoms with Gasteiger partial charge in [0.15, 0.2) is 0 Å². The number of nitrogens with zero attached hydrogens (tertiary/aromatic N) is 1. The minimum absolute atomic E-state index is 0.531. The number of nitrogens with one attached hydrogen (secondary N) is 1. The van der Waals surface area contributed by atoms with Crippen LogP contribution in [-0.4, -0.2) is 37.6 Å². The van der Waals surface area contributed by atoms with Gasteiger partial charge in [0.05, 0.1) is 0 Å². The van der Waals surface area contributed by atoms with Gasteiger partial charge in [0.25, 0.3) is 0 Å². The monoisotopic (exact) mass is 264 g/mol. The van der Waals surface area contributed by atoms with E-state index in [1.807, 2.05) is 0 Å². The summed E-state index contributed by atoms with van der Waals surface area (Å²) in [5.41, 5.74) is 1.21. The second-order valence-electron chi connectivity index (χ2n) is 7.90. The zero-order valence-corrected chi connectivity index (χ0v) is 13.0. The second kappa shape index (κ2) is 5.37. The Morgan fingerprint density at radius 2 is 1.68 bits per heavy atom. The molecule has 0 atom stereocenters. The molecule has 0 unspecified atom stereocenters. The topological polar surface area (TPSA) is 15.3 Å². The van der Waals surface area contributed by atoms with E-state index in [9.17, 15) is 0 Å². The molecule has 0 aromatic carbocycles. The molecule has 1 saturated heterocycles. The largest absolute Gasteiger partial charge is 0.316 e. The molecule has 0 radical (unpaired) electrons. The zero-order valence-electron chi connectivity index (χ0n) is 13.0. The van der Waals surface area contributed by atoms with E-state index in [0.717, 1.165) is 5.92 Å². The molecule has 1 heterocycles.